The van der Waals surface area contributed by atoms with Crippen molar-refractivity contribution in [3.8, 4) is 5.75 Å². The first-order valence-electron chi connectivity index (χ1n) is 10.1. The fourth-order valence-corrected chi connectivity index (χ4v) is 3.39. The summed E-state index contributed by atoms with van der Waals surface area (Å²) in [6.07, 6.45) is -1.35. The second-order valence-corrected chi connectivity index (χ2v) is 7.49. The van der Waals surface area contributed by atoms with E-state index in [9.17, 15) is 22.8 Å². The number of carbonyl (C=O) groups excluding carboxylic acids is 2. The molecule has 0 radical (unpaired) electrons. The molecule has 174 valence electrons. The first kappa shape index (κ1) is 22.8. The summed E-state index contributed by atoms with van der Waals surface area (Å²) in [4.78, 5) is 32.9. The molecule has 4 rings (SSSR count). The van der Waals surface area contributed by atoms with Crippen LogP contribution in [0.4, 0.5) is 24.5 Å². The summed E-state index contributed by atoms with van der Waals surface area (Å²) in [5.41, 5.74) is 1.02. The average Bonchev–Trinajstić information content (AvgIpc) is 3.26. The predicted molar refractivity (Wildman–Crippen MR) is 121 cm³/mol. The number of ether oxygens (including phenoxy) is 1. The zero-order valence-corrected chi connectivity index (χ0v) is 18.1. The van der Waals surface area contributed by atoms with E-state index in [1.54, 1.807) is 25.3 Å². The van der Waals surface area contributed by atoms with Crippen LogP contribution in [0, 0.1) is 6.92 Å². The third kappa shape index (κ3) is 4.70. The van der Waals surface area contributed by atoms with Crippen LogP contribution in [-0.2, 0) is 6.18 Å². The van der Waals surface area contributed by atoms with Crippen LogP contribution in [0.15, 0.2) is 60.9 Å². The Balaban J connectivity index is 1.58. The molecule has 34 heavy (non-hydrogen) atoms. The van der Waals surface area contributed by atoms with Crippen LogP contribution in [-0.4, -0.2) is 28.9 Å². The molecule has 7 nitrogen and oxygen atoms in total. The van der Waals surface area contributed by atoms with E-state index in [0.29, 0.717) is 16.9 Å². The summed E-state index contributed by atoms with van der Waals surface area (Å²) in [6.45, 7) is 1.71. The number of anilines is 2. The molecule has 0 bridgehead atoms. The van der Waals surface area contributed by atoms with Crippen LogP contribution in [0.5, 0.6) is 5.75 Å². The smallest absolute Gasteiger partial charge is 0.416 e. The number of halogens is 3. The second-order valence-electron chi connectivity index (χ2n) is 7.49. The molecule has 0 aliphatic carbocycles. The van der Waals surface area contributed by atoms with Crippen LogP contribution >= 0.6 is 0 Å². The van der Waals surface area contributed by atoms with Crippen molar-refractivity contribution in [2.45, 2.75) is 13.1 Å². The van der Waals surface area contributed by atoms with E-state index in [4.69, 9.17) is 4.74 Å². The van der Waals surface area contributed by atoms with E-state index in [1.165, 1.54) is 25.4 Å². The van der Waals surface area contributed by atoms with Gasteiger partial charge in [0.2, 0.25) is 0 Å². The van der Waals surface area contributed by atoms with Gasteiger partial charge in [0, 0.05) is 22.7 Å². The monoisotopic (exact) mass is 468 g/mol. The molecular weight excluding hydrogens is 449 g/mol. The maximum atomic E-state index is 13.1. The number of H-pyrrole nitrogens is 1. The minimum absolute atomic E-state index is 0.0686. The van der Waals surface area contributed by atoms with Gasteiger partial charge < -0.3 is 20.4 Å². The van der Waals surface area contributed by atoms with E-state index in [-0.39, 0.29) is 22.6 Å². The lowest BCUT2D eigenvalue weighted by Gasteiger charge is -2.14. The Bertz CT molecular complexity index is 1400. The molecule has 10 heteroatoms. The molecule has 0 aliphatic heterocycles. The zero-order valence-electron chi connectivity index (χ0n) is 18.1. The molecule has 2 aromatic heterocycles. The molecule has 2 heterocycles. The number of benzene rings is 2. The third-order valence-electron chi connectivity index (χ3n) is 5.18. The molecule has 0 saturated carbocycles. The van der Waals surface area contributed by atoms with Gasteiger partial charge in [0.25, 0.3) is 11.8 Å². The predicted octanol–water partition coefficient (Wildman–Crippen LogP) is 5.40. The first-order chi connectivity index (χ1) is 16.2. The number of aromatic amines is 1. The van der Waals surface area contributed by atoms with Crippen molar-refractivity contribution in [1.29, 1.82) is 0 Å². The quantitative estimate of drug-likeness (QED) is 0.365. The Morgan fingerprint density at radius 3 is 2.53 bits per heavy atom. The van der Waals surface area contributed by atoms with Crippen LogP contribution in [0.1, 0.15) is 31.8 Å². The highest BCUT2D eigenvalue weighted by atomic mass is 19.4. The molecule has 0 fully saturated rings. The number of hydrogen-bond acceptors (Lipinski definition) is 4. The average molecular weight is 468 g/mol. The van der Waals surface area contributed by atoms with E-state index < -0.39 is 23.6 Å². The maximum Gasteiger partial charge on any atom is 0.416 e. The molecule has 0 saturated heterocycles. The van der Waals surface area contributed by atoms with Gasteiger partial charge in [-0.05, 0) is 55.0 Å². The molecule has 0 atom stereocenters. The molecule has 0 unspecified atom stereocenters. The van der Waals surface area contributed by atoms with Gasteiger partial charge in [-0.25, -0.2) is 4.98 Å². The third-order valence-corrected chi connectivity index (χ3v) is 5.18. The lowest BCUT2D eigenvalue weighted by Crippen LogP contribution is -2.17. The summed E-state index contributed by atoms with van der Waals surface area (Å²) < 4.78 is 44.3. The number of carbonyl (C=O) groups is 2. The van der Waals surface area contributed by atoms with Gasteiger partial charge in [-0.1, -0.05) is 6.07 Å². The summed E-state index contributed by atoms with van der Waals surface area (Å²) in [5, 5.41) is 6.00. The lowest BCUT2D eigenvalue weighted by atomic mass is 10.0. The Morgan fingerprint density at radius 1 is 1.00 bits per heavy atom. The Morgan fingerprint density at radius 2 is 1.79 bits per heavy atom. The van der Waals surface area contributed by atoms with Crippen molar-refractivity contribution in [3.05, 3.63) is 83.2 Å². The Hall–Kier alpha value is -4.34. The number of nitrogens with one attached hydrogen (secondary N) is 3. The Labute approximate surface area is 192 Å². The van der Waals surface area contributed by atoms with Crippen molar-refractivity contribution >= 4 is 34.2 Å². The zero-order chi connectivity index (χ0) is 24.5. The van der Waals surface area contributed by atoms with Gasteiger partial charge in [0.15, 0.2) is 0 Å². The minimum Gasteiger partial charge on any atom is -0.495 e. The van der Waals surface area contributed by atoms with Gasteiger partial charge in [-0.3, -0.25) is 9.59 Å². The summed E-state index contributed by atoms with van der Waals surface area (Å²) in [5.74, 6) is -1.08. The number of aromatic nitrogens is 2. The summed E-state index contributed by atoms with van der Waals surface area (Å²) in [7, 11) is 1.28. The fraction of sp³-hybridized carbons (Fsp3) is 0.125. The Kier molecular flexibility index (Phi) is 5.97. The van der Waals surface area contributed by atoms with Gasteiger partial charge in [0.1, 0.15) is 11.4 Å². The van der Waals surface area contributed by atoms with Gasteiger partial charge in [-0.2, -0.15) is 13.2 Å². The molecule has 3 N–H and O–H groups in total. The molecule has 4 aromatic rings. The first-order valence-corrected chi connectivity index (χ1v) is 10.1. The highest BCUT2D eigenvalue weighted by molar-refractivity contribution is 6.10. The number of pyridine rings is 1. The van der Waals surface area contributed by atoms with E-state index >= 15 is 0 Å². The SMILES string of the molecule is COc1ccc(C(F)(F)F)cc1NC(=O)c1ccc(C)c(C(=O)Nc2cnc3[nH]ccc3c2)c1. The van der Waals surface area contributed by atoms with E-state index in [1.807, 2.05) is 6.07 Å². The summed E-state index contributed by atoms with van der Waals surface area (Å²) in [6, 6.07) is 10.8. The minimum atomic E-state index is -4.58. The molecule has 2 aromatic carbocycles. The highest BCUT2D eigenvalue weighted by Crippen LogP contribution is 2.35. The summed E-state index contributed by atoms with van der Waals surface area (Å²) >= 11 is 0. The number of fused-ring (bicyclic) bond motifs is 1. The van der Waals surface area contributed by atoms with Crippen molar-refractivity contribution < 1.29 is 27.5 Å². The molecule has 2 amide bonds. The molecule has 0 spiro atoms. The van der Waals surface area contributed by atoms with Gasteiger partial charge >= 0.3 is 6.18 Å². The van der Waals surface area contributed by atoms with E-state index in [2.05, 4.69) is 20.6 Å². The lowest BCUT2D eigenvalue weighted by molar-refractivity contribution is -0.137. The number of alkyl halides is 3. The van der Waals surface area contributed by atoms with Crippen molar-refractivity contribution in [2.24, 2.45) is 0 Å². The largest absolute Gasteiger partial charge is 0.495 e. The van der Waals surface area contributed by atoms with Crippen LogP contribution in [0.25, 0.3) is 11.0 Å². The van der Waals surface area contributed by atoms with Crippen molar-refractivity contribution in [1.82, 2.24) is 9.97 Å². The number of nitrogens with zero attached hydrogens (tertiary/aromatic N) is 1. The number of amides is 2. The topological polar surface area (TPSA) is 96.1 Å². The van der Waals surface area contributed by atoms with E-state index in [0.717, 1.165) is 23.6 Å². The van der Waals surface area contributed by atoms with Gasteiger partial charge in [0.05, 0.1) is 30.2 Å². The van der Waals surface area contributed by atoms with Crippen LogP contribution in [0.3, 0.4) is 0 Å². The van der Waals surface area contributed by atoms with Crippen LogP contribution in [0.2, 0.25) is 0 Å². The second kappa shape index (κ2) is 8.89. The number of aryl methyl sites for hydroxylation is 1. The number of methoxy groups -OCH3 is 1. The molecule has 0 aliphatic rings. The molecular formula is C24H19F3N4O3. The van der Waals surface area contributed by atoms with Crippen molar-refractivity contribution in [3.63, 3.8) is 0 Å². The van der Waals surface area contributed by atoms with Crippen LogP contribution < -0.4 is 15.4 Å². The standard InChI is InChI=1S/C24H19F3N4O3/c1-13-3-4-15(22(32)31-19-11-16(24(25,26)27)5-6-20(19)34-2)10-18(13)23(33)30-17-9-14-7-8-28-21(14)29-12-17/h3-12H,1-2H3,(H,28,29)(H,30,33)(H,31,32). The van der Waals surface area contributed by atoms with Gasteiger partial charge in [-0.15, -0.1) is 0 Å². The normalized spacial score (nSPS) is 11.3. The highest BCUT2D eigenvalue weighted by Gasteiger charge is 2.31. The number of rotatable bonds is 5. The number of hydrogen-bond donors (Lipinski definition) is 3. The fourth-order valence-electron chi connectivity index (χ4n) is 3.39. The van der Waals surface area contributed by atoms with Crippen molar-refractivity contribution in [2.75, 3.05) is 17.7 Å². The maximum absolute atomic E-state index is 13.1.